The van der Waals surface area contributed by atoms with Gasteiger partial charge in [-0.2, -0.15) is 0 Å². The number of morpholine rings is 1. The zero-order chi connectivity index (χ0) is 17.4. The Labute approximate surface area is 150 Å². The Morgan fingerprint density at radius 2 is 1.92 bits per heavy atom. The van der Waals surface area contributed by atoms with Crippen LogP contribution in [0, 0.1) is 12.8 Å². The predicted octanol–water partition coefficient (Wildman–Crippen LogP) is 2.70. The molecule has 1 fully saturated rings. The highest BCUT2D eigenvalue weighted by atomic mass is 32.2. The number of nitrogens with zero attached hydrogens (tertiary/aromatic N) is 1. The van der Waals surface area contributed by atoms with Crippen LogP contribution in [0.25, 0.3) is 0 Å². The smallest absolute Gasteiger partial charge is 0.230 e. The average molecular weight is 351 g/mol. The Hall–Kier alpha value is -1.04. The number of carbonyl (C=O) groups excluding carboxylic acids is 1. The third-order valence-electron chi connectivity index (χ3n) is 4.42. The summed E-state index contributed by atoms with van der Waals surface area (Å²) in [7, 11) is 0. The Bertz CT molecular complexity index is 499. The van der Waals surface area contributed by atoms with Gasteiger partial charge in [-0.25, -0.2) is 0 Å². The maximum atomic E-state index is 12.1. The Morgan fingerprint density at radius 3 is 2.54 bits per heavy atom. The molecule has 1 aliphatic heterocycles. The summed E-state index contributed by atoms with van der Waals surface area (Å²) in [6.45, 7) is 10.8. The van der Waals surface area contributed by atoms with E-state index in [1.165, 1.54) is 11.1 Å². The molecule has 1 heterocycles. The molecule has 1 aromatic rings. The van der Waals surface area contributed by atoms with Crippen molar-refractivity contribution in [2.75, 3.05) is 38.6 Å². The summed E-state index contributed by atoms with van der Waals surface area (Å²) in [5.74, 6) is 2.04. The molecule has 5 heteroatoms. The molecule has 0 aromatic heterocycles. The molecule has 0 radical (unpaired) electrons. The van der Waals surface area contributed by atoms with E-state index in [0.29, 0.717) is 17.7 Å². The van der Waals surface area contributed by atoms with E-state index in [4.69, 9.17) is 4.74 Å². The van der Waals surface area contributed by atoms with Crippen molar-refractivity contribution in [2.45, 2.75) is 32.6 Å². The summed E-state index contributed by atoms with van der Waals surface area (Å²) in [4.78, 5) is 14.6. The molecule has 1 aromatic carbocycles. The third-order valence-corrected chi connectivity index (χ3v) is 5.42. The zero-order valence-corrected chi connectivity index (χ0v) is 15.9. The van der Waals surface area contributed by atoms with E-state index in [1.54, 1.807) is 11.8 Å². The molecule has 2 rings (SSSR count). The number of ether oxygens (including phenoxy) is 1. The summed E-state index contributed by atoms with van der Waals surface area (Å²) in [5, 5.41) is 3.11. The molecule has 1 amide bonds. The van der Waals surface area contributed by atoms with E-state index >= 15 is 0 Å². The average Bonchev–Trinajstić information content (AvgIpc) is 2.57. The van der Waals surface area contributed by atoms with Crippen molar-refractivity contribution >= 4 is 17.7 Å². The molecule has 4 nitrogen and oxygen atoms in total. The monoisotopic (exact) mass is 350 g/mol. The number of hydrogen-bond donors (Lipinski definition) is 1. The fourth-order valence-electron chi connectivity index (χ4n) is 2.91. The van der Waals surface area contributed by atoms with Gasteiger partial charge in [-0.3, -0.25) is 9.69 Å². The van der Waals surface area contributed by atoms with Gasteiger partial charge in [-0.1, -0.05) is 43.7 Å². The van der Waals surface area contributed by atoms with Crippen LogP contribution in [0.2, 0.25) is 0 Å². The second-order valence-corrected chi connectivity index (χ2v) is 7.73. The number of rotatable bonds is 8. The van der Waals surface area contributed by atoms with Gasteiger partial charge in [0.15, 0.2) is 0 Å². The maximum absolute atomic E-state index is 12.1. The zero-order valence-electron chi connectivity index (χ0n) is 15.1. The molecule has 1 unspecified atom stereocenters. The number of hydrogen-bond acceptors (Lipinski definition) is 4. The van der Waals surface area contributed by atoms with Gasteiger partial charge >= 0.3 is 0 Å². The quantitative estimate of drug-likeness (QED) is 0.783. The van der Waals surface area contributed by atoms with Crippen molar-refractivity contribution in [1.82, 2.24) is 10.2 Å². The van der Waals surface area contributed by atoms with Gasteiger partial charge in [0, 0.05) is 31.4 Å². The van der Waals surface area contributed by atoms with Crippen LogP contribution < -0.4 is 5.32 Å². The molecule has 0 bridgehead atoms. The third kappa shape index (κ3) is 6.46. The van der Waals surface area contributed by atoms with Gasteiger partial charge in [0.2, 0.25) is 5.91 Å². The first-order valence-electron chi connectivity index (χ1n) is 8.78. The molecule has 1 atom stereocenters. The van der Waals surface area contributed by atoms with E-state index in [-0.39, 0.29) is 5.91 Å². The first-order valence-corrected chi connectivity index (χ1v) is 9.93. The number of aryl methyl sites for hydroxylation is 1. The molecule has 0 saturated carbocycles. The molecule has 0 aliphatic carbocycles. The summed E-state index contributed by atoms with van der Waals surface area (Å²) in [5.41, 5.74) is 2.54. The van der Waals surface area contributed by atoms with Crippen LogP contribution in [0.4, 0.5) is 0 Å². The van der Waals surface area contributed by atoms with Crippen molar-refractivity contribution in [3.8, 4) is 0 Å². The van der Waals surface area contributed by atoms with Gasteiger partial charge in [0.25, 0.3) is 0 Å². The van der Waals surface area contributed by atoms with Crippen molar-refractivity contribution in [3.63, 3.8) is 0 Å². The lowest BCUT2D eigenvalue weighted by atomic mass is 10.0. The summed E-state index contributed by atoms with van der Waals surface area (Å²) < 4.78 is 5.43. The molecule has 24 heavy (non-hydrogen) atoms. The van der Waals surface area contributed by atoms with Crippen LogP contribution in [0.1, 0.15) is 25.0 Å². The van der Waals surface area contributed by atoms with Gasteiger partial charge in [0.05, 0.1) is 19.0 Å². The highest BCUT2D eigenvalue weighted by molar-refractivity contribution is 7.99. The molecule has 134 valence electrons. The lowest BCUT2D eigenvalue weighted by Gasteiger charge is -2.36. The molecule has 0 spiro atoms. The normalized spacial score (nSPS) is 17.0. The van der Waals surface area contributed by atoms with Gasteiger partial charge in [-0.15, -0.1) is 11.8 Å². The van der Waals surface area contributed by atoms with Gasteiger partial charge in [0.1, 0.15) is 0 Å². The van der Waals surface area contributed by atoms with Crippen LogP contribution in [0.15, 0.2) is 24.3 Å². The molecular weight excluding hydrogens is 320 g/mol. The SMILES string of the molecule is Cc1ccc(CSCC(=O)NCC(C(C)C)N2CCOCC2)cc1. The van der Waals surface area contributed by atoms with Gasteiger partial charge < -0.3 is 10.1 Å². The highest BCUT2D eigenvalue weighted by Crippen LogP contribution is 2.14. The largest absolute Gasteiger partial charge is 0.379 e. The number of carbonyl (C=O) groups is 1. The Morgan fingerprint density at radius 1 is 1.25 bits per heavy atom. The molecular formula is C19H30N2O2S. The van der Waals surface area contributed by atoms with Crippen LogP contribution in [0.3, 0.4) is 0 Å². The molecule has 1 saturated heterocycles. The number of nitrogens with one attached hydrogen (secondary N) is 1. The summed E-state index contributed by atoms with van der Waals surface area (Å²) in [6.07, 6.45) is 0. The first kappa shape index (κ1) is 19.3. The van der Waals surface area contributed by atoms with Crippen molar-refractivity contribution in [2.24, 2.45) is 5.92 Å². The Kier molecular flexibility index (Phi) is 8.09. The maximum Gasteiger partial charge on any atom is 0.230 e. The first-order chi connectivity index (χ1) is 11.6. The van der Waals surface area contributed by atoms with Crippen LogP contribution in [-0.4, -0.2) is 55.4 Å². The minimum atomic E-state index is 0.131. The number of amides is 1. The second-order valence-electron chi connectivity index (χ2n) is 6.74. The van der Waals surface area contributed by atoms with E-state index in [9.17, 15) is 4.79 Å². The van der Waals surface area contributed by atoms with Crippen LogP contribution in [0.5, 0.6) is 0 Å². The summed E-state index contributed by atoms with van der Waals surface area (Å²) >= 11 is 1.67. The van der Waals surface area contributed by atoms with E-state index < -0.39 is 0 Å². The second kappa shape index (κ2) is 10.1. The van der Waals surface area contributed by atoms with Crippen molar-refractivity contribution in [3.05, 3.63) is 35.4 Å². The predicted molar refractivity (Wildman–Crippen MR) is 101 cm³/mol. The topological polar surface area (TPSA) is 41.6 Å². The molecule has 1 aliphatic rings. The lowest BCUT2D eigenvalue weighted by Crippen LogP contribution is -2.51. The summed E-state index contributed by atoms with van der Waals surface area (Å²) in [6, 6.07) is 8.89. The van der Waals surface area contributed by atoms with E-state index in [1.807, 2.05) is 0 Å². The number of thioether (sulfide) groups is 1. The van der Waals surface area contributed by atoms with Crippen molar-refractivity contribution in [1.29, 1.82) is 0 Å². The fraction of sp³-hybridized carbons (Fsp3) is 0.632. The lowest BCUT2D eigenvalue weighted by molar-refractivity contribution is -0.119. The minimum Gasteiger partial charge on any atom is -0.379 e. The van der Waals surface area contributed by atoms with E-state index in [0.717, 1.165) is 38.6 Å². The number of benzene rings is 1. The standard InChI is InChI=1S/C19H30N2O2S/c1-15(2)18(21-8-10-23-11-9-21)12-20-19(22)14-24-13-17-6-4-16(3)5-7-17/h4-7,15,18H,8-14H2,1-3H3,(H,20,22). The Balaban J connectivity index is 1.69. The van der Waals surface area contributed by atoms with E-state index in [2.05, 4.69) is 55.3 Å². The van der Waals surface area contributed by atoms with Gasteiger partial charge in [-0.05, 0) is 18.4 Å². The van der Waals surface area contributed by atoms with Crippen LogP contribution in [-0.2, 0) is 15.3 Å². The molecule has 1 N–H and O–H groups in total. The van der Waals surface area contributed by atoms with Crippen molar-refractivity contribution < 1.29 is 9.53 Å². The fourth-order valence-corrected chi connectivity index (χ4v) is 3.73. The van der Waals surface area contributed by atoms with Crippen LogP contribution >= 0.6 is 11.8 Å². The minimum absolute atomic E-state index is 0.131. The highest BCUT2D eigenvalue weighted by Gasteiger charge is 2.24.